The first-order chi connectivity index (χ1) is 11.8. The highest BCUT2D eigenvalue weighted by molar-refractivity contribution is 4.98. The van der Waals surface area contributed by atoms with Crippen molar-refractivity contribution in [3.63, 3.8) is 0 Å². The zero-order valence-corrected chi connectivity index (χ0v) is 16.5. The fourth-order valence-electron chi connectivity index (χ4n) is 8.08. The molecular weight excluding hydrogens is 288 g/mol. The largest absolute Gasteiger partial charge is 0.0622 e. The Kier molecular flexibility index (Phi) is 5.59. The Morgan fingerprint density at radius 3 is 1.83 bits per heavy atom. The van der Waals surface area contributed by atoms with Crippen molar-refractivity contribution in [3.05, 3.63) is 0 Å². The first-order valence-corrected chi connectivity index (χ1v) is 11.8. The lowest BCUT2D eigenvalue weighted by atomic mass is 9.50. The normalized spacial score (nSPS) is 48.0. The molecule has 138 valence electrons. The Morgan fingerprint density at radius 1 is 0.500 bits per heavy atom. The molecule has 0 aliphatic heterocycles. The van der Waals surface area contributed by atoms with E-state index in [9.17, 15) is 0 Å². The van der Waals surface area contributed by atoms with Gasteiger partial charge in [0.05, 0.1) is 0 Å². The van der Waals surface area contributed by atoms with Crippen LogP contribution in [0, 0.1) is 47.3 Å². The van der Waals surface area contributed by atoms with Crippen molar-refractivity contribution in [2.24, 2.45) is 47.3 Å². The molecule has 0 heteroatoms. The van der Waals surface area contributed by atoms with Crippen LogP contribution in [0.25, 0.3) is 0 Å². The van der Waals surface area contributed by atoms with Gasteiger partial charge < -0.3 is 0 Å². The predicted molar refractivity (Wildman–Crippen MR) is 104 cm³/mol. The second kappa shape index (κ2) is 7.71. The van der Waals surface area contributed by atoms with Crippen LogP contribution >= 0.6 is 0 Å². The van der Waals surface area contributed by atoms with Crippen molar-refractivity contribution in [2.45, 2.75) is 104 Å². The summed E-state index contributed by atoms with van der Waals surface area (Å²) in [4.78, 5) is 0. The second-order valence-corrected chi connectivity index (χ2v) is 10.4. The Hall–Kier alpha value is 0. The smallest absolute Gasteiger partial charge is 0.0324 e. The zero-order chi connectivity index (χ0) is 16.5. The van der Waals surface area contributed by atoms with E-state index in [1.165, 1.54) is 38.5 Å². The highest BCUT2D eigenvalue weighted by atomic mass is 14.5. The van der Waals surface area contributed by atoms with E-state index in [1.54, 1.807) is 51.4 Å². The molecule has 4 saturated carbocycles. The van der Waals surface area contributed by atoms with Gasteiger partial charge >= 0.3 is 0 Å². The van der Waals surface area contributed by atoms with E-state index >= 15 is 0 Å². The molecule has 4 fully saturated rings. The van der Waals surface area contributed by atoms with Gasteiger partial charge in [0, 0.05) is 0 Å². The number of hydrogen-bond acceptors (Lipinski definition) is 0. The van der Waals surface area contributed by atoms with Gasteiger partial charge in [-0.3, -0.25) is 0 Å². The molecule has 0 aromatic carbocycles. The van der Waals surface area contributed by atoms with Crippen molar-refractivity contribution < 1.29 is 0 Å². The molecule has 0 heterocycles. The van der Waals surface area contributed by atoms with E-state index in [-0.39, 0.29) is 0 Å². The molecule has 0 nitrogen and oxygen atoms in total. The minimum Gasteiger partial charge on any atom is -0.0622 e. The number of hydrogen-bond donors (Lipinski definition) is 0. The summed E-state index contributed by atoms with van der Waals surface area (Å²) in [6.45, 7) is 5.33. The van der Waals surface area contributed by atoms with Crippen LogP contribution in [0.1, 0.15) is 104 Å². The van der Waals surface area contributed by atoms with Gasteiger partial charge in [-0.05, 0) is 66.6 Å². The fourth-order valence-corrected chi connectivity index (χ4v) is 8.08. The van der Waals surface area contributed by atoms with Crippen molar-refractivity contribution in [3.8, 4) is 0 Å². The lowest BCUT2D eigenvalue weighted by molar-refractivity contribution is -0.0589. The van der Waals surface area contributed by atoms with Crippen LogP contribution in [-0.4, -0.2) is 0 Å². The molecule has 0 amide bonds. The summed E-state index contributed by atoms with van der Waals surface area (Å²) >= 11 is 0. The Labute approximate surface area is 151 Å². The number of rotatable bonds is 2. The average molecular weight is 331 g/mol. The van der Waals surface area contributed by atoms with E-state index < -0.39 is 0 Å². The van der Waals surface area contributed by atoms with Crippen LogP contribution in [0.4, 0.5) is 0 Å². The summed E-state index contributed by atoms with van der Waals surface area (Å²) in [5, 5.41) is 0. The lowest BCUT2D eigenvalue weighted by Crippen LogP contribution is -2.47. The van der Waals surface area contributed by atoms with Gasteiger partial charge in [-0.25, -0.2) is 0 Å². The van der Waals surface area contributed by atoms with Crippen molar-refractivity contribution >= 4 is 0 Å². The van der Waals surface area contributed by atoms with Crippen molar-refractivity contribution in [2.75, 3.05) is 0 Å². The van der Waals surface area contributed by atoms with E-state index in [2.05, 4.69) is 13.8 Å². The Bertz CT molecular complexity index is 387. The second-order valence-electron chi connectivity index (χ2n) is 10.4. The summed E-state index contributed by atoms with van der Waals surface area (Å²) in [6, 6.07) is 0. The minimum absolute atomic E-state index is 1.01. The van der Waals surface area contributed by atoms with E-state index in [0.29, 0.717) is 0 Å². The molecule has 0 radical (unpaired) electrons. The molecule has 4 rings (SSSR count). The molecule has 4 aliphatic carbocycles. The van der Waals surface area contributed by atoms with Crippen LogP contribution in [0.2, 0.25) is 0 Å². The van der Waals surface area contributed by atoms with Crippen LogP contribution in [0.3, 0.4) is 0 Å². The maximum atomic E-state index is 2.72. The summed E-state index contributed by atoms with van der Waals surface area (Å²) in [6.07, 6.45) is 21.7. The standard InChI is InChI=1S/C24H42/c1-17-10-6-8-14-21(17)24-18(2)23(19-11-4-3-5-12-19)16-20-13-7-9-15-22(20)24/h17-24H,3-16H2,1-2H3. The summed E-state index contributed by atoms with van der Waals surface area (Å²) < 4.78 is 0. The van der Waals surface area contributed by atoms with Crippen LogP contribution in [0.5, 0.6) is 0 Å². The molecule has 7 unspecified atom stereocenters. The predicted octanol–water partition coefficient (Wildman–Crippen LogP) is 7.47. The van der Waals surface area contributed by atoms with Crippen molar-refractivity contribution in [1.82, 2.24) is 0 Å². The maximum Gasteiger partial charge on any atom is -0.0324 e. The molecule has 0 bridgehead atoms. The summed E-state index contributed by atoms with van der Waals surface area (Å²) in [5.41, 5.74) is 0. The van der Waals surface area contributed by atoms with Gasteiger partial charge in [0.2, 0.25) is 0 Å². The Morgan fingerprint density at radius 2 is 1.08 bits per heavy atom. The third kappa shape index (κ3) is 3.33. The summed E-state index contributed by atoms with van der Waals surface area (Å²) in [5.74, 6) is 8.61. The zero-order valence-electron chi connectivity index (χ0n) is 16.5. The fraction of sp³-hybridized carbons (Fsp3) is 1.00. The molecule has 4 aliphatic rings. The topological polar surface area (TPSA) is 0 Å². The molecule has 24 heavy (non-hydrogen) atoms. The average Bonchev–Trinajstić information content (AvgIpc) is 2.63. The highest BCUT2D eigenvalue weighted by Crippen LogP contribution is 2.57. The quantitative estimate of drug-likeness (QED) is 0.492. The molecule has 0 saturated heterocycles. The van der Waals surface area contributed by atoms with Gasteiger partial charge in [-0.15, -0.1) is 0 Å². The van der Waals surface area contributed by atoms with E-state index in [0.717, 1.165) is 47.3 Å². The van der Waals surface area contributed by atoms with Gasteiger partial charge in [0.15, 0.2) is 0 Å². The highest BCUT2D eigenvalue weighted by Gasteiger charge is 2.49. The van der Waals surface area contributed by atoms with Crippen LogP contribution < -0.4 is 0 Å². The monoisotopic (exact) mass is 330 g/mol. The summed E-state index contributed by atoms with van der Waals surface area (Å²) in [7, 11) is 0. The Balaban J connectivity index is 1.57. The first-order valence-electron chi connectivity index (χ1n) is 11.8. The third-order valence-corrected chi connectivity index (χ3v) is 9.25. The minimum atomic E-state index is 1.01. The lowest BCUT2D eigenvalue weighted by Gasteiger charge is -2.55. The van der Waals surface area contributed by atoms with E-state index in [1.807, 2.05) is 0 Å². The molecule has 0 aromatic rings. The molecule has 7 atom stereocenters. The number of fused-ring (bicyclic) bond motifs is 1. The molecule has 0 N–H and O–H groups in total. The van der Waals surface area contributed by atoms with Gasteiger partial charge in [0.25, 0.3) is 0 Å². The molecule has 0 spiro atoms. The van der Waals surface area contributed by atoms with Crippen LogP contribution in [0.15, 0.2) is 0 Å². The molecular formula is C24H42. The first kappa shape index (κ1) is 17.4. The van der Waals surface area contributed by atoms with Crippen molar-refractivity contribution in [1.29, 1.82) is 0 Å². The van der Waals surface area contributed by atoms with Crippen LogP contribution in [-0.2, 0) is 0 Å². The SMILES string of the molecule is CC1CCCCC1C1C(C)C(C2CCCCC2)CC2CCCCC21. The van der Waals surface area contributed by atoms with Gasteiger partial charge in [-0.2, -0.15) is 0 Å². The third-order valence-electron chi connectivity index (χ3n) is 9.25. The molecule has 0 aromatic heterocycles. The van der Waals surface area contributed by atoms with Gasteiger partial charge in [-0.1, -0.05) is 84.5 Å². The maximum absolute atomic E-state index is 2.72. The van der Waals surface area contributed by atoms with Gasteiger partial charge in [0.1, 0.15) is 0 Å². The van der Waals surface area contributed by atoms with E-state index in [4.69, 9.17) is 0 Å².